The number of rotatable bonds is 5. The van der Waals surface area contributed by atoms with Gasteiger partial charge < -0.3 is 15.5 Å². The molecule has 1 rings (SSSR count). The van der Waals surface area contributed by atoms with Crippen LogP contribution in [0.2, 0.25) is 0 Å². The Labute approximate surface area is 124 Å². The van der Waals surface area contributed by atoms with Crippen molar-refractivity contribution < 1.29 is 14.4 Å². The molecule has 6 nitrogen and oxygen atoms in total. The molecular weight excluding hydrogens is 270 g/mol. The van der Waals surface area contributed by atoms with Gasteiger partial charge in [-0.2, -0.15) is 0 Å². The highest BCUT2D eigenvalue weighted by Gasteiger charge is 2.18. The van der Waals surface area contributed by atoms with E-state index in [0.717, 1.165) is 4.90 Å². The Morgan fingerprint density at radius 2 is 1.67 bits per heavy atom. The summed E-state index contributed by atoms with van der Waals surface area (Å²) in [6.07, 6.45) is 1.67. The van der Waals surface area contributed by atoms with E-state index in [-0.39, 0.29) is 5.57 Å². The Balaban J connectivity index is 0.00000191. The van der Waals surface area contributed by atoms with Gasteiger partial charge in [0.05, 0.1) is 0 Å². The Morgan fingerprint density at radius 3 is 2.14 bits per heavy atom. The summed E-state index contributed by atoms with van der Waals surface area (Å²) in [7, 11) is 2.85. The van der Waals surface area contributed by atoms with Crippen molar-refractivity contribution >= 4 is 23.9 Å². The molecule has 0 spiro atoms. The molecule has 114 valence electrons. The number of carbonyl (C=O) groups is 3. The van der Waals surface area contributed by atoms with Crippen molar-refractivity contribution in [1.29, 1.82) is 0 Å². The van der Waals surface area contributed by atoms with Crippen LogP contribution < -0.4 is 10.6 Å². The zero-order chi connectivity index (χ0) is 16.3. The molecule has 0 heterocycles. The number of nitrogens with zero attached hydrogens (tertiary/aromatic N) is 1. The van der Waals surface area contributed by atoms with Crippen LogP contribution in [0.5, 0.6) is 0 Å². The van der Waals surface area contributed by atoms with Crippen LogP contribution in [0.3, 0.4) is 0 Å². The molecule has 3 amide bonds. The van der Waals surface area contributed by atoms with Crippen molar-refractivity contribution in [3.8, 4) is 0 Å². The monoisotopic (exact) mass is 291 g/mol. The highest BCUT2D eigenvalue weighted by molar-refractivity contribution is 6.22. The first kappa shape index (κ1) is 18.4. The zero-order valence-corrected chi connectivity index (χ0v) is 12.7. The summed E-state index contributed by atoms with van der Waals surface area (Å²) in [6.45, 7) is 4.00. The fraction of sp³-hybridized carbons (Fsp3) is 0.267. The number of likely N-dealkylation sites (N-methyl/N-ethyl adjacent to an activating group) is 1. The molecule has 0 aromatic heterocycles. The molecule has 1 aromatic rings. The second-order valence-electron chi connectivity index (χ2n) is 3.71. The molecule has 0 atom stereocenters. The van der Waals surface area contributed by atoms with E-state index in [4.69, 9.17) is 0 Å². The van der Waals surface area contributed by atoms with Gasteiger partial charge in [0.15, 0.2) is 0 Å². The van der Waals surface area contributed by atoms with Crippen molar-refractivity contribution in [1.82, 2.24) is 10.2 Å². The molecular formula is C15H21N3O3. The molecule has 6 heteroatoms. The quantitative estimate of drug-likeness (QED) is 0.372. The molecule has 0 aliphatic carbocycles. The van der Waals surface area contributed by atoms with Gasteiger partial charge in [-0.15, -0.1) is 0 Å². The van der Waals surface area contributed by atoms with Gasteiger partial charge in [-0.1, -0.05) is 32.0 Å². The summed E-state index contributed by atoms with van der Waals surface area (Å²) >= 11 is 0. The third kappa shape index (κ3) is 6.38. The number of hydrogen-bond donors (Lipinski definition) is 2. The number of anilines is 1. The molecule has 0 saturated carbocycles. The minimum atomic E-state index is -0.584. The number of nitrogens with one attached hydrogen (secondary N) is 2. The van der Waals surface area contributed by atoms with E-state index in [1.807, 2.05) is 19.9 Å². The SMILES string of the molecule is CC.CNC(=O)/C(=C\N(C)C=O)C(=O)Nc1ccccc1. The van der Waals surface area contributed by atoms with E-state index < -0.39 is 11.8 Å². The maximum Gasteiger partial charge on any atom is 0.262 e. The number of amides is 3. The first-order valence-electron chi connectivity index (χ1n) is 6.56. The van der Waals surface area contributed by atoms with Crippen LogP contribution in [0.15, 0.2) is 42.1 Å². The Bertz CT molecular complexity index is 498. The lowest BCUT2D eigenvalue weighted by atomic mass is 10.2. The lowest BCUT2D eigenvalue weighted by Crippen LogP contribution is -2.30. The van der Waals surface area contributed by atoms with Crippen molar-refractivity contribution in [3.63, 3.8) is 0 Å². The topological polar surface area (TPSA) is 78.5 Å². The largest absolute Gasteiger partial charge is 0.355 e. The van der Waals surface area contributed by atoms with Gasteiger partial charge in [0, 0.05) is 26.0 Å². The minimum absolute atomic E-state index is 0.152. The lowest BCUT2D eigenvalue weighted by molar-refractivity contribution is -0.121. The summed E-state index contributed by atoms with van der Waals surface area (Å²) in [6, 6.07) is 8.73. The molecule has 0 aliphatic rings. The van der Waals surface area contributed by atoms with E-state index in [2.05, 4.69) is 10.6 Å². The molecule has 0 unspecified atom stereocenters. The van der Waals surface area contributed by atoms with Gasteiger partial charge in [-0.25, -0.2) is 0 Å². The van der Waals surface area contributed by atoms with Gasteiger partial charge in [0.2, 0.25) is 6.41 Å². The van der Waals surface area contributed by atoms with Crippen LogP contribution in [-0.4, -0.2) is 37.2 Å². The third-order valence-corrected chi connectivity index (χ3v) is 2.25. The van der Waals surface area contributed by atoms with Gasteiger partial charge in [-0.05, 0) is 12.1 Å². The molecule has 0 aliphatic heterocycles. The van der Waals surface area contributed by atoms with E-state index in [0.29, 0.717) is 12.1 Å². The van der Waals surface area contributed by atoms with E-state index >= 15 is 0 Å². The fourth-order valence-corrected chi connectivity index (χ4v) is 1.31. The fourth-order valence-electron chi connectivity index (χ4n) is 1.31. The van der Waals surface area contributed by atoms with Crippen LogP contribution >= 0.6 is 0 Å². The average molecular weight is 291 g/mol. The predicted octanol–water partition coefficient (Wildman–Crippen LogP) is 1.37. The van der Waals surface area contributed by atoms with Gasteiger partial charge in [0.25, 0.3) is 11.8 Å². The number of benzene rings is 1. The van der Waals surface area contributed by atoms with Gasteiger partial charge in [0.1, 0.15) is 5.57 Å². The standard InChI is InChI=1S/C13H15N3O3.C2H6/c1-14-12(18)11(8-16(2)9-17)13(19)15-10-6-4-3-5-7-10;1-2/h3-9H,1-2H3,(H,14,18)(H,15,19);1-2H3/b11-8+;. The summed E-state index contributed by atoms with van der Waals surface area (Å²) in [5, 5.41) is 4.93. The number of carbonyl (C=O) groups excluding carboxylic acids is 3. The second-order valence-corrected chi connectivity index (χ2v) is 3.71. The Hall–Kier alpha value is -2.63. The van der Waals surface area contributed by atoms with Crippen LogP contribution in [0, 0.1) is 0 Å². The molecule has 0 saturated heterocycles. The van der Waals surface area contributed by atoms with Crippen molar-refractivity contribution in [3.05, 3.63) is 42.1 Å². The molecule has 1 aromatic carbocycles. The van der Waals surface area contributed by atoms with E-state index in [1.165, 1.54) is 20.3 Å². The van der Waals surface area contributed by atoms with Crippen molar-refractivity contribution in [2.45, 2.75) is 13.8 Å². The summed E-state index contributed by atoms with van der Waals surface area (Å²) < 4.78 is 0. The summed E-state index contributed by atoms with van der Waals surface area (Å²) in [5.41, 5.74) is 0.414. The number of hydrogen-bond acceptors (Lipinski definition) is 3. The zero-order valence-electron chi connectivity index (χ0n) is 12.7. The van der Waals surface area contributed by atoms with E-state index in [1.54, 1.807) is 24.3 Å². The highest BCUT2D eigenvalue weighted by atomic mass is 16.2. The molecule has 0 fully saturated rings. The maximum absolute atomic E-state index is 12.0. The maximum atomic E-state index is 12.0. The van der Waals surface area contributed by atoms with Gasteiger partial charge >= 0.3 is 0 Å². The van der Waals surface area contributed by atoms with Crippen LogP contribution in [0.25, 0.3) is 0 Å². The summed E-state index contributed by atoms with van der Waals surface area (Å²) in [5.74, 6) is -1.15. The second kappa shape index (κ2) is 10.2. The molecule has 2 N–H and O–H groups in total. The Kier molecular flexibility index (Phi) is 8.92. The summed E-state index contributed by atoms with van der Waals surface area (Å²) in [4.78, 5) is 35.2. The highest BCUT2D eigenvalue weighted by Crippen LogP contribution is 2.08. The molecule has 0 bridgehead atoms. The first-order chi connectivity index (χ1) is 10.1. The average Bonchev–Trinajstić information content (AvgIpc) is 2.54. The minimum Gasteiger partial charge on any atom is -0.355 e. The lowest BCUT2D eigenvalue weighted by Gasteiger charge is -2.10. The predicted molar refractivity (Wildman–Crippen MR) is 82.4 cm³/mol. The first-order valence-corrected chi connectivity index (χ1v) is 6.56. The Morgan fingerprint density at radius 1 is 1.10 bits per heavy atom. The normalized spacial score (nSPS) is 9.81. The third-order valence-electron chi connectivity index (χ3n) is 2.25. The van der Waals surface area contributed by atoms with Gasteiger partial charge in [-0.3, -0.25) is 14.4 Å². The molecule has 21 heavy (non-hydrogen) atoms. The smallest absolute Gasteiger partial charge is 0.262 e. The number of para-hydroxylation sites is 1. The van der Waals surface area contributed by atoms with E-state index in [9.17, 15) is 14.4 Å². The van der Waals surface area contributed by atoms with Crippen molar-refractivity contribution in [2.24, 2.45) is 0 Å². The van der Waals surface area contributed by atoms with Crippen molar-refractivity contribution in [2.75, 3.05) is 19.4 Å². The van der Waals surface area contributed by atoms with Crippen LogP contribution in [0.4, 0.5) is 5.69 Å². The van der Waals surface area contributed by atoms with Crippen LogP contribution in [0.1, 0.15) is 13.8 Å². The molecule has 0 radical (unpaired) electrons. The van der Waals surface area contributed by atoms with Crippen LogP contribution in [-0.2, 0) is 14.4 Å².